The molecule has 420 valence electrons. The van der Waals surface area contributed by atoms with E-state index in [1.807, 2.05) is 0 Å². The van der Waals surface area contributed by atoms with Crippen LogP contribution in [-0.2, 0) is 28.6 Å². The summed E-state index contributed by atoms with van der Waals surface area (Å²) in [4.78, 5) is 38.3. The Hall–Kier alpha value is -2.63. The lowest BCUT2D eigenvalue weighted by molar-refractivity contribution is -0.167. The quantitative estimate of drug-likeness (QED) is 0.0261. The summed E-state index contributed by atoms with van der Waals surface area (Å²) in [6.45, 7) is 6.65. The van der Waals surface area contributed by atoms with E-state index in [1.165, 1.54) is 225 Å². The fraction of sp³-hybridized carbons (Fsp3) is 0.833. The molecule has 0 aromatic rings. The molecule has 0 amide bonds. The lowest BCUT2D eigenvalue weighted by Crippen LogP contribution is -2.30. The molecular formula is C66H120O6. The van der Waals surface area contributed by atoms with E-state index < -0.39 is 6.10 Å². The average molecular weight is 1010 g/mol. The van der Waals surface area contributed by atoms with Crippen molar-refractivity contribution >= 4 is 17.9 Å². The van der Waals surface area contributed by atoms with Gasteiger partial charge in [0.1, 0.15) is 13.2 Å². The average Bonchev–Trinajstić information content (AvgIpc) is 3.38. The predicted octanol–water partition coefficient (Wildman–Crippen LogP) is 21.4. The van der Waals surface area contributed by atoms with E-state index >= 15 is 0 Å². The van der Waals surface area contributed by atoms with Gasteiger partial charge in [-0.25, -0.2) is 0 Å². The maximum Gasteiger partial charge on any atom is 0.306 e. The van der Waals surface area contributed by atoms with E-state index in [0.717, 1.165) is 70.6 Å². The van der Waals surface area contributed by atoms with E-state index in [4.69, 9.17) is 14.2 Å². The highest BCUT2D eigenvalue weighted by molar-refractivity contribution is 5.71. The van der Waals surface area contributed by atoms with Gasteiger partial charge in [0.25, 0.3) is 0 Å². The summed E-state index contributed by atoms with van der Waals surface area (Å²) in [6.07, 6.45) is 75.3. The maximum absolute atomic E-state index is 12.9. The van der Waals surface area contributed by atoms with Crippen LogP contribution in [0.5, 0.6) is 0 Å². The van der Waals surface area contributed by atoms with Crippen LogP contribution in [0.2, 0.25) is 0 Å². The molecule has 0 fully saturated rings. The number of hydrogen-bond donors (Lipinski definition) is 0. The van der Waals surface area contributed by atoms with Gasteiger partial charge in [-0.3, -0.25) is 14.4 Å². The van der Waals surface area contributed by atoms with Gasteiger partial charge < -0.3 is 14.2 Å². The highest BCUT2D eigenvalue weighted by atomic mass is 16.6. The molecule has 0 aliphatic carbocycles. The smallest absolute Gasteiger partial charge is 0.306 e. The maximum atomic E-state index is 12.9. The number of hydrogen-bond acceptors (Lipinski definition) is 6. The number of ether oxygens (including phenoxy) is 3. The van der Waals surface area contributed by atoms with E-state index in [1.54, 1.807) is 0 Å². The summed E-state index contributed by atoms with van der Waals surface area (Å²) in [5.41, 5.74) is 0. The van der Waals surface area contributed by atoms with Gasteiger partial charge in [0.05, 0.1) is 0 Å². The van der Waals surface area contributed by atoms with Gasteiger partial charge in [0.15, 0.2) is 6.10 Å². The van der Waals surface area contributed by atoms with Gasteiger partial charge in [-0.15, -0.1) is 0 Å². The fourth-order valence-electron chi connectivity index (χ4n) is 9.23. The first kappa shape index (κ1) is 69.4. The third kappa shape index (κ3) is 58.3. The monoisotopic (exact) mass is 1010 g/mol. The number of unbranched alkanes of at least 4 members (excludes halogenated alkanes) is 39. The van der Waals surface area contributed by atoms with Crippen LogP contribution >= 0.6 is 0 Å². The van der Waals surface area contributed by atoms with Crippen LogP contribution in [0, 0.1) is 0 Å². The molecule has 0 aromatic carbocycles. The second-order valence-electron chi connectivity index (χ2n) is 21.3. The molecule has 0 bridgehead atoms. The summed E-state index contributed by atoms with van der Waals surface area (Å²) in [7, 11) is 0. The number of carbonyl (C=O) groups is 3. The van der Waals surface area contributed by atoms with Crippen LogP contribution in [0.15, 0.2) is 48.6 Å². The van der Waals surface area contributed by atoms with Crippen molar-refractivity contribution in [1.82, 2.24) is 0 Å². The number of allylic oxidation sites excluding steroid dienone is 8. The van der Waals surface area contributed by atoms with Crippen LogP contribution in [0.25, 0.3) is 0 Å². The molecule has 72 heavy (non-hydrogen) atoms. The first-order chi connectivity index (χ1) is 35.5. The highest BCUT2D eigenvalue weighted by Gasteiger charge is 2.19. The van der Waals surface area contributed by atoms with Crippen LogP contribution in [0.4, 0.5) is 0 Å². The molecule has 0 spiro atoms. The Morgan fingerprint density at radius 1 is 0.278 bits per heavy atom. The second kappa shape index (κ2) is 60.9. The Kier molecular flexibility index (Phi) is 58.7. The summed E-state index contributed by atoms with van der Waals surface area (Å²) in [5.74, 6) is -0.872. The van der Waals surface area contributed by atoms with E-state index in [0.29, 0.717) is 19.3 Å². The fourth-order valence-corrected chi connectivity index (χ4v) is 9.23. The lowest BCUT2D eigenvalue weighted by Gasteiger charge is -2.18. The molecule has 6 heteroatoms. The van der Waals surface area contributed by atoms with Gasteiger partial charge >= 0.3 is 17.9 Å². The molecule has 0 radical (unpaired) electrons. The molecular weight excluding hydrogens is 889 g/mol. The SMILES string of the molecule is CCCCCC/C=C\C/C=C\CCCCCCCCCC(=O)OC(COC(=O)CCCCCCCCC/C=C\CCCCCCCC)COC(=O)CCCCCCCCCCC/C=C\CCCCCCCC. The largest absolute Gasteiger partial charge is 0.462 e. The van der Waals surface area contributed by atoms with Crippen LogP contribution in [0.3, 0.4) is 0 Å². The molecule has 1 unspecified atom stereocenters. The predicted molar refractivity (Wildman–Crippen MR) is 312 cm³/mol. The summed E-state index contributed by atoms with van der Waals surface area (Å²) in [6, 6.07) is 0. The van der Waals surface area contributed by atoms with E-state index in [2.05, 4.69) is 69.4 Å². The Bertz CT molecular complexity index is 1250. The van der Waals surface area contributed by atoms with Crippen molar-refractivity contribution in [3.63, 3.8) is 0 Å². The van der Waals surface area contributed by atoms with Crippen molar-refractivity contribution in [2.24, 2.45) is 0 Å². The molecule has 0 saturated carbocycles. The van der Waals surface area contributed by atoms with Gasteiger partial charge in [0, 0.05) is 19.3 Å². The van der Waals surface area contributed by atoms with Crippen LogP contribution < -0.4 is 0 Å². The van der Waals surface area contributed by atoms with Crippen molar-refractivity contribution in [2.75, 3.05) is 13.2 Å². The van der Waals surface area contributed by atoms with Gasteiger partial charge in [-0.05, 0) is 103 Å². The number of rotatable bonds is 58. The standard InChI is InChI=1S/C66H120O6/c1-4-7-10-13-16-19-22-25-28-31-33-36-38-41-44-47-50-53-56-59-65(68)71-62-63(61-70-64(67)58-55-52-49-46-43-40-37-34-30-27-24-21-18-15-12-9-6-3)72-66(69)60-57-54-51-48-45-42-39-35-32-29-26-23-20-17-14-11-8-5-2/h20,23,25,27-30,32,63H,4-19,21-22,24,26,31,33-62H2,1-3H3/b23-20-,28-25-,30-27-,32-29-. The topological polar surface area (TPSA) is 78.9 Å². The normalized spacial score (nSPS) is 12.3. The lowest BCUT2D eigenvalue weighted by atomic mass is 10.1. The zero-order valence-electron chi connectivity index (χ0n) is 48.2. The molecule has 0 heterocycles. The summed E-state index contributed by atoms with van der Waals surface area (Å²) < 4.78 is 16.9. The van der Waals surface area contributed by atoms with Crippen molar-refractivity contribution in [3.05, 3.63) is 48.6 Å². The van der Waals surface area contributed by atoms with Crippen molar-refractivity contribution in [2.45, 2.75) is 341 Å². The van der Waals surface area contributed by atoms with Gasteiger partial charge in [-0.2, -0.15) is 0 Å². The zero-order valence-corrected chi connectivity index (χ0v) is 48.2. The number of esters is 3. The zero-order chi connectivity index (χ0) is 52.2. The molecule has 1 atom stereocenters. The second-order valence-corrected chi connectivity index (χ2v) is 21.3. The van der Waals surface area contributed by atoms with Crippen molar-refractivity contribution in [1.29, 1.82) is 0 Å². The minimum Gasteiger partial charge on any atom is -0.462 e. The first-order valence-corrected chi connectivity index (χ1v) is 31.6. The molecule has 0 rings (SSSR count). The molecule has 0 N–H and O–H groups in total. The van der Waals surface area contributed by atoms with Crippen LogP contribution in [-0.4, -0.2) is 37.2 Å². The number of carbonyl (C=O) groups excluding carboxylic acids is 3. The summed E-state index contributed by atoms with van der Waals surface area (Å²) in [5, 5.41) is 0. The molecule has 6 nitrogen and oxygen atoms in total. The molecule has 0 aromatic heterocycles. The minimum absolute atomic E-state index is 0.0767. The highest BCUT2D eigenvalue weighted by Crippen LogP contribution is 2.16. The van der Waals surface area contributed by atoms with Crippen LogP contribution in [0.1, 0.15) is 335 Å². The Balaban J connectivity index is 4.37. The minimum atomic E-state index is -0.780. The van der Waals surface area contributed by atoms with Crippen molar-refractivity contribution < 1.29 is 28.6 Å². The molecule has 0 aliphatic heterocycles. The van der Waals surface area contributed by atoms with Crippen molar-refractivity contribution in [3.8, 4) is 0 Å². The Labute approximate surface area is 448 Å². The molecule has 0 saturated heterocycles. The van der Waals surface area contributed by atoms with Gasteiger partial charge in [-0.1, -0.05) is 262 Å². The van der Waals surface area contributed by atoms with Gasteiger partial charge in [0.2, 0.25) is 0 Å². The Morgan fingerprint density at radius 2 is 0.500 bits per heavy atom. The van der Waals surface area contributed by atoms with E-state index in [9.17, 15) is 14.4 Å². The third-order valence-electron chi connectivity index (χ3n) is 14.0. The van der Waals surface area contributed by atoms with E-state index in [-0.39, 0.29) is 31.1 Å². The third-order valence-corrected chi connectivity index (χ3v) is 14.0. The summed E-state index contributed by atoms with van der Waals surface area (Å²) >= 11 is 0. The first-order valence-electron chi connectivity index (χ1n) is 31.6. The molecule has 0 aliphatic rings. The Morgan fingerprint density at radius 3 is 0.792 bits per heavy atom.